The van der Waals surface area contributed by atoms with Crippen molar-refractivity contribution in [1.29, 1.82) is 5.26 Å². The van der Waals surface area contributed by atoms with Gasteiger partial charge in [-0.25, -0.2) is 9.37 Å². The molecule has 0 amide bonds. The fourth-order valence-electron chi connectivity index (χ4n) is 1.28. The van der Waals surface area contributed by atoms with Crippen molar-refractivity contribution >= 4 is 11.8 Å². The van der Waals surface area contributed by atoms with Gasteiger partial charge in [-0.3, -0.25) is 5.10 Å². The zero-order chi connectivity index (χ0) is 12.3. The van der Waals surface area contributed by atoms with Crippen LogP contribution in [0.25, 0.3) is 0 Å². The molecule has 6 heteroatoms. The van der Waals surface area contributed by atoms with Gasteiger partial charge in [-0.05, 0) is 24.6 Å². The Morgan fingerprint density at radius 3 is 3.00 bits per heavy atom. The number of nitrogens with zero attached hydrogens (tertiary/aromatic N) is 3. The van der Waals surface area contributed by atoms with Crippen LogP contribution in [0.5, 0.6) is 0 Å². The molecule has 2 rings (SSSR count). The average molecular weight is 248 g/mol. The maximum absolute atomic E-state index is 13.1. The Labute approximate surface area is 102 Å². The molecule has 0 spiro atoms. The second-order valence-corrected chi connectivity index (χ2v) is 4.36. The lowest BCUT2D eigenvalue weighted by Gasteiger charge is -2.00. The fourth-order valence-corrected chi connectivity index (χ4v) is 2.07. The fraction of sp³-hybridized carbons (Fsp3) is 0.182. The predicted molar refractivity (Wildman–Crippen MR) is 61.8 cm³/mol. The van der Waals surface area contributed by atoms with E-state index in [1.165, 1.54) is 17.8 Å². The molecule has 4 nitrogen and oxygen atoms in total. The van der Waals surface area contributed by atoms with Gasteiger partial charge in [0.05, 0.1) is 5.56 Å². The first kappa shape index (κ1) is 11.6. The summed E-state index contributed by atoms with van der Waals surface area (Å²) in [6, 6.07) is 6.32. The van der Waals surface area contributed by atoms with Gasteiger partial charge in [-0.15, -0.1) is 5.10 Å². The predicted octanol–water partition coefficient (Wildman–Crippen LogP) is 2.42. The number of halogens is 1. The maximum Gasteiger partial charge on any atom is 0.208 e. The third-order valence-electron chi connectivity index (χ3n) is 2.10. The number of rotatable bonds is 3. The van der Waals surface area contributed by atoms with Crippen molar-refractivity contribution in [2.24, 2.45) is 0 Å². The van der Waals surface area contributed by atoms with Crippen LogP contribution in [0.4, 0.5) is 4.39 Å². The van der Waals surface area contributed by atoms with Crippen LogP contribution in [0.1, 0.15) is 17.0 Å². The zero-order valence-electron chi connectivity index (χ0n) is 9.07. The van der Waals surface area contributed by atoms with Gasteiger partial charge < -0.3 is 0 Å². The zero-order valence-corrected chi connectivity index (χ0v) is 9.88. The third kappa shape index (κ3) is 2.82. The van der Waals surface area contributed by atoms with E-state index in [1.54, 1.807) is 12.1 Å². The molecule has 1 aromatic heterocycles. The van der Waals surface area contributed by atoms with Crippen molar-refractivity contribution < 1.29 is 4.39 Å². The summed E-state index contributed by atoms with van der Waals surface area (Å²) in [5, 5.41) is 16.1. The molecule has 0 saturated heterocycles. The van der Waals surface area contributed by atoms with E-state index in [0.29, 0.717) is 10.9 Å². The van der Waals surface area contributed by atoms with E-state index >= 15 is 0 Å². The number of aromatic amines is 1. The monoisotopic (exact) mass is 248 g/mol. The second-order valence-electron chi connectivity index (χ2n) is 3.42. The summed E-state index contributed by atoms with van der Waals surface area (Å²) in [6.07, 6.45) is 0. The summed E-state index contributed by atoms with van der Waals surface area (Å²) in [5.74, 6) is 0.867. The average Bonchev–Trinajstić information content (AvgIpc) is 2.74. The first-order valence-corrected chi connectivity index (χ1v) is 5.88. The van der Waals surface area contributed by atoms with E-state index in [0.717, 1.165) is 11.4 Å². The largest absolute Gasteiger partial charge is 0.262 e. The molecule has 0 unspecified atom stereocenters. The Bertz CT molecular complexity index is 573. The molecular formula is C11H9FN4S. The van der Waals surface area contributed by atoms with Crippen LogP contribution in [-0.4, -0.2) is 15.2 Å². The van der Waals surface area contributed by atoms with Gasteiger partial charge in [0, 0.05) is 5.75 Å². The summed E-state index contributed by atoms with van der Waals surface area (Å²) in [6.45, 7) is 1.82. The molecule has 1 heterocycles. The van der Waals surface area contributed by atoms with Crippen LogP contribution in [0.15, 0.2) is 23.4 Å². The Kier molecular flexibility index (Phi) is 3.40. The number of nitriles is 1. The second kappa shape index (κ2) is 4.97. The van der Waals surface area contributed by atoms with Crippen molar-refractivity contribution in [1.82, 2.24) is 15.2 Å². The van der Waals surface area contributed by atoms with Crippen molar-refractivity contribution in [3.63, 3.8) is 0 Å². The first-order valence-electron chi connectivity index (χ1n) is 4.89. The van der Waals surface area contributed by atoms with E-state index in [4.69, 9.17) is 5.26 Å². The number of aromatic nitrogens is 3. The molecular weight excluding hydrogens is 239 g/mol. The minimum atomic E-state index is -0.491. The molecule has 2 aromatic rings. The summed E-state index contributed by atoms with van der Waals surface area (Å²) in [4.78, 5) is 4.14. The normalized spacial score (nSPS) is 10.2. The van der Waals surface area contributed by atoms with Gasteiger partial charge in [0.15, 0.2) is 0 Å². The number of thioether (sulfide) groups is 1. The van der Waals surface area contributed by atoms with Crippen LogP contribution >= 0.6 is 11.8 Å². The van der Waals surface area contributed by atoms with Crippen molar-refractivity contribution in [3.8, 4) is 6.07 Å². The molecule has 86 valence electrons. The van der Waals surface area contributed by atoms with Gasteiger partial charge >= 0.3 is 0 Å². The Balaban J connectivity index is 2.07. The lowest BCUT2D eigenvalue weighted by atomic mass is 10.1. The minimum Gasteiger partial charge on any atom is -0.262 e. The highest BCUT2D eigenvalue weighted by Crippen LogP contribution is 2.20. The van der Waals surface area contributed by atoms with Crippen molar-refractivity contribution in [2.75, 3.05) is 0 Å². The van der Waals surface area contributed by atoms with E-state index in [2.05, 4.69) is 15.2 Å². The lowest BCUT2D eigenvalue weighted by Crippen LogP contribution is -1.88. The van der Waals surface area contributed by atoms with Crippen LogP contribution in [-0.2, 0) is 5.75 Å². The first-order chi connectivity index (χ1) is 8.19. The SMILES string of the molecule is Cc1nc(SCc2ccc(F)c(C#N)c2)n[nH]1. The highest BCUT2D eigenvalue weighted by molar-refractivity contribution is 7.98. The molecule has 1 N–H and O–H groups in total. The third-order valence-corrected chi connectivity index (χ3v) is 3.01. The summed E-state index contributed by atoms with van der Waals surface area (Å²) < 4.78 is 13.1. The van der Waals surface area contributed by atoms with Crippen LogP contribution < -0.4 is 0 Å². The van der Waals surface area contributed by atoms with E-state index in [9.17, 15) is 4.39 Å². The number of nitrogens with one attached hydrogen (secondary N) is 1. The summed E-state index contributed by atoms with van der Waals surface area (Å²) in [5.41, 5.74) is 0.935. The Hall–Kier alpha value is -1.87. The van der Waals surface area contributed by atoms with Gasteiger partial charge in [0.1, 0.15) is 17.7 Å². The van der Waals surface area contributed by atoms with Gasteiger partial charge in [0.25, 0.3) is 0 Å². The Morgan fingerprint density at radius 1 is 1.53 bits per heavy atom. The van der Waals surface area contributed by atoms with E-state index < -0.39 is 5.82 Å². The molecule has 0 saturated carbocycles. The molecule has 0 aliphatic rings. The van der Waals surface area contributed by atoms with Gasteiger partial charge in [-0.2, -0.15) is 5.26 Å². The number of hydrogen-bond donors (Lipinski definition) is 1. The number of hydrogen-bond acceptors (Lipinski definition) is 4. The van der Waals surface area contributed by atoms with Gasteiger partial charge in [0.2, 0.25) is 5.16 Å². The lowest BCUT2D eigenvalue weighted by molar-refractivity contribution is 0.623. The van der Waals surface area contributed by atoms with Crippen molar-refractivity contribution in [3.05, 3.63) is 41.0 Å². The van der Waals surface area contributed by atoms with E-state index in [-0.39, 0.29) is 5.56 Å². The number of benzene rings is 1. The quantitative estimate of drug-likeness (QED) is 0.847. The topological polar surface area (TPSA) is 65.4 Å². The van der Waals surface area contributed by atoms with Crippen molar-refractivity contribution in [2.45, 2.75) is 17.8 Å². The van der Waals surface area contributed by atoms with Crippen LogP contribution in [0.2, 0.25) is 0 Å². The molecule has 0 aliphatic heterocycles. The molecule has 0 atom stereocenters. The molecule has 1 aromatic carbocycles. The van der Waals surface area contributed by atoms with Crippen LogP contribution in [0, 0.1) is 24.1 Å². The highest BCUT2D eigenvalue weighted by atomic mass is 32.2. The maximum atomic E-state index is 13.1. The van der Waals surface area contributed by atoms with Crippen LogP contribution in [0.3, 0.4) is 0 Å². The molecule has 0 fully saturated rings. The molecule has 0 aliphatic carbocycles. The van der Waals surface area contributed by atoms with E-state index in [1.807, 2.05) is 13.0 Å². The number of aryl methyl sites for hydroxylation is 1. The Morgan fingerprint density at radius 2 is 2.35 bits per heavy atom. The standard InChI is InChI=1S/C11H9FN4S/c1-7-14-11(16-15-7)17-6-8-2-3-10(12)9(4-8)5-13/h2-4H,6H2,1H3,(H,14,15,16). The van der Waals surface area contributed by atoms with Gasteiger partial charge in [-0.1, -0.05) is 17.8 Å². The minimum absolute atomic E-state index is 0.0641. The summed E-state index contributed by atoms with van der Waals surface area (Å²) in [7, 11) is 0. The molecule has 0 radical (unpaired) electrons. The summed E-state index contributed by atoms with van der Waals surface area (Å²) >= 11 is 1.43. The smallest absolute Gasteiger partial charge is 0.208 e. The molecule has 0 bridgehead atoms. The highest BCUT2D eigenvalue weighted by Gasteiger charge is 2.05. The number of H-pyrrole nitrogens is 1. The molecule has 17 heavy (non-hydrogen) atoms.